The van der Waals surface area contributed by atoms with Gasteiger partial charge < -0.3 is 9.84 Å². The Morgan fingerprint density at radius 2 is 1.67 bits per heavy atom. The fourth-order valence-electron chi connectivity index (χ4n) is 2.52. The largest absolute Gasteiger partial charge is 0.493 e. The molecule has 0 bridgehead atoms. The number of nitrogens with zero attached hydrogens (tertiary/aromatic N) is 2. The predicted octanol–water partition coefficient (Wildman–Crippen LogP) is 1.83. The summed E-state index contributed by atoms with van der Waals surface area (Å²) in [6.07, 6.45) is 0. The minimum Gasteiger partial charge on any atom is -0.493 e. The summed E-state index contributed by atoms with van der Waals surface area (Å²) in [6.45, 7) is 11.4. The van der Waals surface area contributed by atoms with E-state index in [1.54, 1.807) is 0 Å². The summed E-state index contributed by atoms with van der Waals surface area (Å²) in [6, 6.07) is 8.46. The number of hydrogen-bond acceptors (Lipinski definition) is 4. The zero-order valence-electron chi connectivity index (χ0n) is 13.3. The minimum atomic E-state index is 0.262. The maximum atomic E-state index is 8.96. The third kappa shape index (κ3) is 5.65. The van der Waals surface area contributed by atoms with Crippen LogP contribution in [-0.4, -0.2) is 60.8 Å². The molecule has 0 unspecified atom stereocenters. The summed E-state index contributed by atoms with van der Waals surface area (Å²) in [7, 11) is 0. The lowest BCUT2D eigenvalue weighted by molar-refractivity contribution is 0.108. The second-order valence-corrected chi connectivity index (χ2v) is 6.19. The number of ether oxygens (including phenoxy) is 1. The van der Waals surface area contributed by atoms with Crippen LogP contribution >= 0.6 is 0 Å². The van der Waals surface area contributed by atoms with Crippen LogP contribution < -0.4 is 4.74 Å². The van der Waals surface area contributed by atoms with Gasteiger partial charge in [-0.05, 0) is 23.6 Å². The van der Waals surface area contributed by atoms with E-state index in [2.05, 4.69) is 47.9 Å². The van der Waals surface area contributed by atoms with Crippen LogP contribution in [0.4, 0.5) is 0 Å². The van der Waals surface area contributed by atoms with Crippen LogP contribution in [0.1, 0.15) is 19.4 Å². The van der Waals surface area contributed by atoms with Gasteiger partial charge in [0.15, 0.2) is 0 Å². The molecule has 0 saturated carbocycles. The van der Waals surface area contributed by atoms with Gasteiger partial charge in [-0.25, -0.2) is 0 Å². The van der Waals surface area contributed by atoms with E-state index in [1.807, 2.05) is 0 Å². The van der Waals surface area contributed by atoms with E-state index in [0.29, 0.717) is 5.92 Å². The second-order valence-electron chi connectivity index (χ2n) is 6.19. The molecule has 0 spiro atoms. The summed E-state index contributed by atoms with van der Waals surface area (Å²) >= 11 is 0. The average Bonchev–Trinajstić information content (AvgIpc) is 2.49. The van der Waals surface area contributed by atoms with E-state index < -0.39 is 0 Å². The van der Waals surface area contributed by atoms with E-state index in [4.69, 9.17) is 9.84 Å². The molecule has 1 aromatic rings. The Bertz CT molecular complexity index is 398. The number of hydrogen-bond donors (Lipinski definition) is 1. The molecule has 0 aromatic heterocycles. The molecule has 1 heterocycles. The van der Waals surface area contributed by atoms with Crippen molar-refractivity contribution in [1.82, 2.24) is 9.80 Å². The van der Waals surface area contributed by atoms with Crippen molar-refractivity contribution >= 4 is 0 Å². The highest BCUT2D eigenvalue weighted by molar-refractivity contribution is 5.27. The van der Waals surface area contributed by atoms with E-state index >= 15 is 0 Å². The summed E-state index contributed by atoms with van der Waals surface area (Å²) in [4.78, 5) is 4.79. The first-order chi connectivity index (χ1) is 10.2. The molecule has 4 heteroatoms. The van der Waals surface area contributed by atoms with Gasteiger partial charge in [0.05, 0.1) is 13.2 Å². The molecule has 0 radical (unpaired) electrons. The molecular formula is C17H28N2O2. The van der Waals surface area contributed by atoms with Crippen molar-refractivity contribution in [2.75, 3.05) is 45.9 Å². The Labute approximate surface area is 128 Å². The molecule has 1 aromatic carbocycles. The standard InChI is InChI=1S/C17H28N2O2/c1-15(2)14-21-17-5-3-16(4-6-17)13-19-9-7-18(8-10-19)11-12-20/h3-6,15,20H,7-14H2,1-2H3. The molecule has 118 valence electrons. The van der Waals surface area contributed by atoms with Crippen LogP contribution in [0.2, 0.25) is 0 Å². The van der Waals surface area contributed by atoms with E-state index in [9.17, 15) is 0 Å². The SMILES string of the molecule is CC(C)COc1ccc(CN2CCN(CCO)CC2)cc1. The summed E-state index contributed by atoms with van der Waals surface area (Å²) < 4.78 is 5.71. The molecule has 1 aliphatic rings. The lowest BCUT2D eigenvalue weighted by Crippen LogP contribution is -2.46. The average molecular weight is 292 g/mol. The number of benzene rings is 1. The van der Waals surface area contributed by atoms with Crippen molar-refractivity contribution in [2.24, 2.45) is 5.92 Å². The van der Waals surface area contributed by atoms with Crippen LogP contribution in [0, 0.1) is 5.92 Å². The first kappa shape index (κ1) is 16.3. The topological polar surface area (TPSA) is 35.9 Å². The fourth-order valence-corrected chi connectivity index (χ4v) is 2.52. The highest BCUT2D eigenvalue weighted by atomic mass is 16.5. The fraction of sp³-hybridized carbons (Fsp3) is 0.647. The number of rotatable bonds is 7. The Hall–Kier alpha value is -1.10. The Morgan fingerprint density at radius 1 is 1.05 bits per heavy atom. The van der Waals surface area contributed by atoms with Gasteiger partial charge in [0.1, 0.15) is 5.75 Å². The van der Waals surface area contributed by atoms with Crippen molar-refractivity contribution in [3.05, 3.63) is 29.8 Å². The second kappa shape index (κ2) is 8.37. The van der Waals surface area contributed by atoms with Gasteiger partial charge in [-0.15, -0.1) is 0 Å². The highest BCUT2D eigenvalue weighted by Gasteiger charge is 2.16. The van der Waals surface area contributed by atoms with Crippen LogP contribution in [0.15, 0.2) is 24.3 Å². The number of β-amino-alcohol motifs (C(OH)–C–C–N with tert-alkyl or cyclic N) is 1. The molecule has 1 N–H and O–H groups in total. The molecule has 1 saturated heterocycles. The zero-order chi connectivity index (χ0) is 15.1. The van der Waals surface area contributed by atoms with Crippen molar-refractivity contribution in [1.29, 1.82) is 0 Å². The van der Waals surface area contributed by atoms with E-state index in [-0.39, 0.29) is 6.61 Å². The maximum absolute atomic E-state index is 8.96. The lowest BCUT2D eigenvalue weighted by Gasteiger charge is -2.34. The first-order valence-corrected chi connectivity index (χ1v) is 7.94. The smallest absolute Gasteiger partial charge is 0.119 e. The summed E-state index contributed by atoms with van der Waals surface area (Å²) in [5, 5.41) is 8.96. The van der Waals surface area contributed by atoms with Gasteiger partial charge >= 0.3 is 0 Å². The van der Waals surface area contributed by atoms with Gasteiger partial charge in [0, 0.05) is 39.3 Å². The monoisotopic (exact) mass is 292 g/mol. The van der Waals surface area contributed by atoms with Crippen LogP contribution in [0.5, 0.6) is 5.75 Å². The normalized spacial score (nSPS) is 17.3. The zero-order valence-corrected chi connectivity index (χ0v) is 13.3. The van der Waals surface area contributed by atoms with Crippen LogP contribution in [0.3, 0.4) is 0 Å². The number of aliphatic hydroxyl groups is 1. The van der Waals surface area contributed by atoms with Gasteiger partial charge in [-0.1, -0.05) is 26.0 Å². The van der Waals surface area contributed by atoms with Gasteiger partial charge in [-0.2, -0.15) is 0 Å². The van der Waals surface area contributed by atoms with Crippen molar-refractivity contribution in [3.63, 3.8) is 0 Å². The van der Waals surface area contributed by atoms with E-state index in [1.165, 1.54) is 5.56 Å². The molecule has 0 atom stereocenters. The highest BCUT2D eigenvalue weighted by Crippen LogP contribution is 2.15. The minimum absolute atomic E-state index is 0.262. The third-order valence-electron chi connectivity index (χ3n) is 3.79. The summed E-state index contributed by atoms with van der Waals surface area (Å²) in [5.74, 6) is 1.51. The molecule has 1 aliphatic heterocycles. The van der Waals surface area contributed by atoms with Crippen LogP contribution in [-0.2, 0) is 6.54 Å². The molecular weight excluding hydrogens is 264 g/mol. The quantitative estimate of drug-likeness (QED) is 0.832. The third-order valence-corrected chi connectivity index (χ3v) is 3.79. The predicted molar refractivity (Wildman–Crippen MR) is 85.6 cm³/mol. The molecule has 1 fully saturated rings. The van der Waals surface area contributed by atoms with Crippen molar-refractivity contribution in [2.45, 2.75) is 20.4 Å². The molecule has 21 heavy (non-hydrogen) atoms. The van der Waals surface area contributed by atoms with Gasteiger partial charge in [-0.3, -0.25) is 9.80 Å². The van der Waals surface area contributed by atoms with Crippen LogP contribution in [0.25, 0.3) is 0 Å². The summed E-state index contributed by atoms with van der Waals surface area (Å²) in [5.41, 5.74) is 1.34. The van der Waals surface area contributed by atoms with Gasteiger partial charge in [0.25, 0.3) is 0 Å². The Kier molecular flexibility index (Phi) is 6.49. The molecule has 0 aliphatic carbocycles. The van der Waals surface area contributed by atoms with Crippen molar-refractivity contribution < 1.29 is 9.84 Å². The van der Waals surface area contributed by atoms with Crippen molar-refractivity contribution in [3.8, 4) is 5.75 Å². The first-order valence-electron chi connectivity index (χ1n) is 7.94. The maximum Gasteiger partial charge on any atom is 0.119 e. The number of piperazine rings is 1. The molecule has 0 amide bonds. The Morgan fingerprint density at radius 3 is 2.24 bits per heavy atom. The Balaban J connectivity index is 1.76. The molecule has 2 rings (SSSR count). The number of aliphatic hydroxyl groups excluding tert-OH is 1. The van der Waals surface area contributed by atoms with E-state index in [0.717, 1.165) is 51.6 Å². The molecule has 4 nitrogen and oxygen atoms in total. The lowest BCUT2D eigenvalue weighted by atomic mass is 10.2. The van der Waals surface area contributed by atoms with Gasteiger partial charge in [0.2, 0.25) is 0 Å².